The van der Waals surface area contributed by atoms with Crippen molar-refractivity contribution < 1.29 is 43.4 Å². The zero-order valence-electron chi connectivity index (χ0n) is 15.0. The van der Waals surface area contributed by atoms with E-state index in [0.29, 0.717) is 0 Å². The molecule has 1 fully saturated rings. The first-order chi connectivity index (χ1) is 13.1. The maximum absolute atomic E-state index is 12.7. The fourth-order valence-corrected chi connectivity index (χ4v) is 3.35. The molecule has 1 unspecified atom stereocenters. The predicted molar refractivity (Wildman–Crippen MR) is 93.4 cm³/mol. The van der Waals surface area contributed by atoms with Crippen LogP contribution in [-0.2, 0) is 6.18 Å². The van der Waals surface area contributed by atoms with Crippen LogP contribution in [-0.4, -0.2) is 63.2 Å². The second-order valence-electron chi connectivity index (χ2n) is 6.97. The third kappa shape index (κ3) is 6.18. The topological polar surface area (TPSA) is 110 Å². The molecule has 0 aliphatic heterocycles. The van der Waals surface area contributed by atoms with Crippen molar-refractivity contribution in [2.45, 2.75) is 43.4 Å². The summed E-state index contributed by atoms with van der Waals surface area (Å²) >= 11 is 0. The van der Waals surface area contributed by atoms with Crippen LogP contribution in [0, 0.1) is 11.8 Å². The Labute approximate surface area is 160 Å². The van der Waals surface area contributed by atoms with E-state index >= 15 is 0 Å². The average Bonchev–Trinajstić information content (AvgIpc) is 2.90. The molecule has 1 saturated carbocycles. The van der Waals surface area contributed by atoms with Crippen LogP contribution in [0.5, 0.6) is 5.75 Å². The van der Waals surface area contributed by atoms with E-state index in [1.807, 2.05) is 0 Å². The Morgan fingerprint density at radius 2 is 1.89 bits per heavy atom. The van der Waals surface area contributed by atoms with Crippen LogP contribution in [0.1, 0.15) is 18.4 Å². The second-order valence-corrected chi connectivity index (χ2v) is 6.97. The van der Waals surface area contributed by atoms with Crippen LogP contribution in [0.15, 0.2) is 36.4 Å². The Balaban J connectivity index is 1.94. The van der Waals surface area contributed by atoms with E-state index in [9.17, 15) is 33.6 Å². The van der Waals surface area contributed by atoms with Gasteiger partial charge in [-0.25, -0.2) is 0 Å². The van der Waals surface area contributed by atoms with Gasteiger partial charge in [0.2, 0.25) is 0 Å². The summed E-state index contributed by atoms with van der Waals surface area (Å²) in [7, 11) is 0. The van der Waals surface area contributed by atoms with Crippen LogP contribution in [0.2, 0.25) is 0 Å². The summed E-state index contributed by atoms with van der Waals surface area (Å²) in [6.07, 6.45) is -5.39. The molecule has 0 heterocycles. The lowest BCUT2D eigenvalue weighted by Crippen LogP contribution is -2.27. The van der Waals surface area contributed by atoms with Gasteiger partial charge in [0.15, 0.2) is 0 Å². The van der Waals surface area contributed by atoms with Gasteiger partial charge in [0.05, 0.1) is 30.5 Å². The van der Waals surface area contributed by atoms with Crippen molar-refractivity contribution in [1.82, 2.24) is 0 Å². The Bertz CT molecular complexity index is 651. The molecule has 28 heavy (non-hydrogen) atoms. The summed E-state index contributed by atoms with van der Waals surface area (Å²) in [5.74, 6) is -1.08. The van der Waals surface area contributed by atoms with Crippen molar-refractivity contribution in [1.29, 1.82) is 0 Å². The molecule has 1 aromatic rings. The minimum atomic E-state index is -4.49. The Morgan fingerprint density at radius 3 is 2.54 bits per heavy atom. The van der Waals surface area contributed by atoms with Gasteiger partial charge in [0, 0.05) is 12.3 Å². The number of aliphatic hydroxyl groups excluding tert-OH is 5. The molecule has 6 nitrogen and oxygen atoms in total. The van der Waals surface area contributed by atoms with E-state index in [-0.39, 0.29) is 25.2 Å². The molecular formula is C19H25F3O6. The fraction of sp³-hybridized carbons (Fsp3) is 0.579. The summed E-state index contributed by atoms with van der Waals surface area (Å²) in [5, 5.41) is 48.6. The van der Waals surface area contributed by atoms with Crippen LogP contribution >= 0.6 is 0 Å². The molecule has 5 N–H and O–H groups in total. The average molecular weight is 406 g/mol. The maximum atomic E-state index is 12.7. The van der Waals surface area contributed by atoms with E-state index in [1.54, 1.807) is 0 Å². The lowest BCUT2D eigenvalue weighted by Gasteiger charge is -2.23. The van der Waals surface area contributed by atoms with Gasteiger partial charge in [0.25, 0.3) is 0 Å². The molecule has 0 amide bonds. The highest BCUT2D eigenvalue weighted by atomic mass is 19.4. The lowest BCUT2D eigenvalue weighted by molar-refractivity contribution is -0.137. The first kappa shape index (κ1) is 22.6. The van der Waals surface area contributed by atoms with Crippen molar-refractivity contribution in [3.8, 4) is 5.75 Å². The number of alkyl halides is 3. The molecular weight excluding hydrogens is 381 g/mol. The quantitative estimate of drug-likeness (QED) is 0.414. The smallest absolute Gasteiger partial charge is 0.416 e. The molecule has 0 aromatic heterocycles. The van der Waals surface area contributed by atoms with Gasteiger partial charge in [-0.15, -0.1) is 0 Å². The third-order valence-electron chi connectivity index (χ3n) is 4.81. The fourth-order valence-electron chi connectivity index (χ4n) is 3.35. The molecule has 0 saturated heterocycles. The van der Waals surface area contributed by atoms with Crippen LogP contribution in [0.25, 0.3) is 0 Å². The van der Waals surface area contributed by atoms with Crippen molar-refractivity contribution in [2.75, 3.05) is 13.2 Å². The third-order valence-corrected chi connectivity index (χ3v) is 4.81. The number of halogens is 3. The minimum absolute atomic E-state index is 0.0393. The molecule has 0 bridgehead atoms. The summed E-state index contributed by atoms with van der Waals surface area (Å²) in [6.45, 7) is -0.768. The molecule has 2 rings (SSSR count). The van der Waals surface area contributed by atoms with Crippen molar-refractivity contribution >= 4 is 0 Å². The summed E-state index contributed by atoms with van der Waals surface area (Å²) in [5.41, 5.74) is -0.858. The standard InChI is InChI=1S/C19H25F3O6/c20-19(21,22)11-2-1-3-14(6-11)28-10-12(24)4-5-15-16(7-13(25)9-23)18(27)8-17(15)26/h1-6,12-13,15-18,23-27H,7-10H2/b5-4+/t12-,13?,15-,16-,17-,18+/m1/s1. The summed E-state index contributed by atoms with van der Waals surface area (Å²) in [6, 6.07) is 4.29. The van der Waals surface area contributed by atoms with Gasteiger partial charge in [-0.3, -0.25) is 0 Å². The zero-order valence-corrected chi connectivity index (χ0v) is 15.0. The summed E-state index contributed by atoms with van der Waals surface area (Å²) in [4.78, 5) is 0. The highest BCUT2D eigenvalue weighted by Gasteiger charge is 2.41. The van der Waals surface area contributed by atoms with Crippen molar-refractivity contribution in [3.05, 3.63) is 42.0 Å². The summed E-state index contributed by atoms with van der Waals surface area (Å²) < 4.78 is 43.3. The number of ether oxygens (including phenoxy) is 1. The van der Waals surface area contributed by atoms with Crippen LogP contribution in [0.3, 0.4) is 0 Å². The van der Waals surface area contributed by atoms with Crippen LogP contribution < -0.4 is 4.74 Å². The molecule has 0 spiro atoms. The van der Waals surface area contributed by atoms with E-state index in [1.165, 1.54) is 24.3 Å². The molecule has 0 radical (unpaired) electrons. The normalized spacial score (nSPS) is 27.9. The first-order valence-corrected chi connectivity index (χ1v) is 8.93. The van der Waals surface area contributed by atoms with E-state index < -0.39 is 54.6 Å². The number of aliphatic hydroxyl groups is 5. The van der Waals surface area contributed by atoms with Gasteiger partial charge in [-0.1, -0.05) is 18.2 Å². The Morgan fingerprint density at radius 1 is 1.18 bits per heavy atom. The Kier molecular flexibility index (Phi) is 7.85. The van der Waals surface area contributed by atoms with Crippen LogP contribution in [0.4, 0.5) is 13.2 Å². The molecule has 1 aliphatic rings. The molecule has 158 valence electrons. The van der Waals surface area contributed by atoms with Gasteiger partial charge in [0.1, 0.15) is 18.5 Å². The van der Waals surface area contributed by atoms with Crippen molar-refractivity contribution in [2.24, 2.45) is 11.8 Å². The van der Waals surface area contributed by atoms with Gasteiger partial charge in [-0.2, -0.15) is 13.2 Å². The Hall–Kier alpha value is -1.65. The molecule has 9 heteroatoms. The van der Waals surface area contributed by atoms with Crippen molar-refractivity contribution in [3.63, 3.8) is 0 Å². The minimum Gasteiger partial charge on any atom is -0.491 e. The molecule has 1 aromatic carbocycles. The zero-order chi connectivity index (χ0) is 20.9. The maximum Gasteiger partial charge on any atom is 0.416 e. The number of hydrogen-bond donors (Lipinski definition) is 5. The predicted octanol–water partition coefficient (Wildman–Crippen LogP) is 1.10. The SMILES string of the molecule is OCC(O)C[C@@H]1[C@@H](/C=C/[C@@H](O)COc2cccc(C(F)(F)F)c2)[C@H](O)C[C@@H]1O. The monoisotopic (exact) mass is 406 g/mol. The number of rotatable bonds is 8. The van der Waals surface area contributed by atoms with E-state index in [0.717, 1.165) is 12.1 Å². The van der Waals surface area contributed by atoms with E-state index in [2.05, 4.69) is 0 Å². The van der Waals surface area contributed by atoms with E-state index in [4.69, 9.17) is 9.84 Å². The lowest BCUT2D eigenvalue weighted by atomic mass is 9.88. The first-order valence-electron chi connectivity index (χ1n) is 8.93. The van der Waals surface area contributed by atoms with Gasteiger partial charge >= 0.3 is 6.18 Å². The largest absolute Gasteiger partial charge is 0.491 e. The van der Waals surface area contributed by atoms with Gasteiger partial charge in [-0.05, 0) is 30.5 Å². The second kappa shape index (κ2) is 9.71. The highest BCUT2D eigenvalue weighted by molar-refractivity contribution is 5.30. The highest BCUT2D eigenvalue weighted by Crippen LogP contribution is 2.37. The number of benzene rings is 1. The molecule has 1 aliphatic carbocycles. The molecule has 6 atom stereocenters. The van der Waals surface area contributed by atoms with Gasteiger partial charge < -0.3 is 30.3 Å². The number of hydrogen-bond acceptors (Lipinski definition) is 6.